The molecule has 1 aliphatic carbocycles. The van der Waals surface area contributed by atoms with Gasteiger partial charge in [-0.3, -0.25) is 4.79 Å². The number of hydrogen-bond donors (Lipinski definition) is 2. The highest BCUT2D eigenvalue weighted by Crippen LogP contribution is 2.51. The molecule has 31 heavy (non-hydrogen) atoms. The monoisotopic (exact) mass is 419 g/mol. The van der Waals surface area contributed by atoms with Gasteiger partial charge in [0.15, 0.2) is 0 Å². The third kappa shape index (κ3) is 6.17. The van der Waals surface area contributed by atoms with Crippen LogP contribution in [0.25, 0.3) is 0 Å². The van der Waals surface area contributed by atoms with Gasteiger partial charge in [-0.15, -0.1) is 0 Å². The van der Waals surface area contributed by atoms with Gasteiger partial charge in [-0.05, 0) is 67.7 Å². The van der Waals surface area contributed by atoms with E-state index in [-0.39, 0.29) is 11.3 Å². The molecule has 0 aliphatic heterocycles. The van der Waals surface area contributed by atoms with E-state index in [0.717, 1.165) is 29.6 Å². The SMILES string of the molecule is CC(C=CC1=C(C)CCC(c2ccccc2C(=O)O)C1(C)C)=CC=CC(C)=CC(N)=O. The Hall–Kier alpha value is -3.14. The first kappa shape index (κ1) is 24.1. The first-order valence-corrected chi connectivity index (χ1v) is 10.6. The normalized spacial score (nSPS) is 20.0. The van der Waals surface area contributed by atoms with Crippen molar-refractivity contribution in [2.45, 2.75) is 53.4 Å². The number of primary amides is 1. The van der Waals surface area contributed by atoms with Crippen molar-refractivity contribution in [2.24, 2.45) is 11.1 Å². The molecule has 0 bridgehead atoms. The molecule has 1 aromatic rings. The fourth-order valence-corrected chi connectivity index (χ4v) is 4.39. The van der Waals surface area contributed by atoms with Crippen LogP contribution in [-0.2, 0) is 4.79 Å². The Morgan fingerprint density at radius 3 is 2.45 bits per heavy atom. The molecule has 1 amide bonds. The topological polar surface area (TPSA) is 80.4 Å². The predicted octanol–water partition coefficient (Wildman–Crippen LogP) is 6.10. The Bertz CT molecular complexity index is 1000. The van der Waals surface area contributed by atoms with E-state index in [9.17, 15) is 14.7 Å². The molecule has 0 saturated heterocycles. The summed E-state index contributed by atoms with van der Waals surface area (Å²) < 4.78 is 0. The number of benzene rings is 1. The van der Waals surface area contributed by atoms with Gasteiger partial charge in [0.25, 0.3) is 0 Å². The first-order chi connectivity index (χ1) is 14.5. The number of carboxylic acids is 1. The first-order valence-electron chi connectivity index (χ1n) is 10.6. The summed E-state index contributed by atoms with van der Waals surface area (Å²) in [5.74, 6) is -1.20. The van der Waals surface area contributed by atoms with Crippen molar-refractivity contribution >= 4 is 11.9 Å². The maximum absolute atomic E-state index is 11.8. The summed E-state index contributed by atoms with van der Waals surface area (Å²) in [6.07, 6.45) is 13.2. The average Bonchev–Trinajstić information content (AvgIpc) is 2.66. The van der Waals surface area contributed by atoms with Crippen LogP contribution in [0.3, 0.4) is 0 Å². The second kappa shape index (κ2) is 10.3. The Labute approximate surface area is 185 Å². The van der Waals surface area contributed by atoms with E-state index < -0.39 is 11.9 Å². The zero-order chi connectivity index (χ0) is 23.2. The molecule has 0 fully saturated rings. The van der Waals surface area contributed by atoms with Crippen LogP contribution < -0.4 is 5.73 Å². The molecule has 1 atom stereocenters. The van der Waals surface area contributed by atoms with Gasteiger partial charge < -0.3 is 10.8 Å². The quantitative estimate of drug-likeness (QED) is 0.414. The van der Waals surface area contributed by atoms with Gasteiger partial charge in [0, 0.05) is 6.08 Å². The number of carbonyl (C=O) groups excluding carboxylic acids is 1. The molecular formula is C27H33NO3. The highest BCUT2D eigenvalue weighted by Gasteiger charge is 2.38. The second-order valence-corrected chi connectivity index (χ2v) is 8.79. The molecular weight excluding hydrogens is 386 g/mol. The maximum atomic E-state index is 11.8. The molecule has 4 heteroatoms. The molecule has 1 aromatic carbocycles. The van der Waals surface area contributed by atoms with E-state index in [1.165, 1.54) is 17.2 Å². The van der Waals surface area contributed by atoms with Gasteiger partial charge >= 0.3 is 5.97 Å². The molecule has 1 aliphatic rings. The lowest BCUT2D eigenvalue weighted by Gasteiger charge is -2.41. The smallest absolute Gasteiger partial charge is 0.335 e. The summed E-state index contributed by atoms with van der Waals surface area (Å²) in [7, 11) is 0. The van der Waals surface area contributed by atoms with E-state index in [0.29, 0.717) is 5.56 Å². The van der Waals surface area contributed by atoms with E-state index in [4.69, 9.17) is 5.73 Å². The number of hydrogen-bond acceptors (Lipinski definition) is 2. The van der Waals surface area contributed by atoms with Crippen LogP contribution in [0.1, 0.15) is 69.3 Å². The molecule has 0 aromatic heterocycles. The summed E-state index contributed by atoms with van der Waals surface area (Å²) in [5, 5.41) is 9.66. The van der Waals surface area contributed by atoms with E-state index >= 15 is 0 Å². The van der Waals surface area contributed by atoms with E-state index in [1.54, 1.807) is 12.1 Å². The highest BCUT2D eigenvalue weighted by atomic mass is 16.4. The molecule has 1 unspecified atom stereocenters. The summed E-state index contributed by atoms with van der Waals surface area (Å²) in [6, 6.07) is 7.36. The molecule has 4 nitrogen and oxygen atoms in total. The van der Waals surface area contributed by atoms with Crippen molar-refractivity contribution in [2.75, 3.05) is 0 Å². The Balaban J connectivity index is 2.30. The van der Waals surface area contributed by atoms with Gasteiger partial charge in [-0.1, -0.05) is 73.6 Å². The Kier molecular flexibility index (Phi) is 7.98. The number of carbonyl (C=O) groups is 2. The van der Waals surface area contributed by atoms with Crippen LogP contribution in [0, 0.1) is 5.41 Å². The predicted molar refractivity (Wildman–Crippen MR) is 127 cm³/mol. The van der Waals surface area contributed by atoms with Crippen LogP contribution in [0.15, 0.2) is 83.0 Å². The number of rotatable bonds is 7. The van der Waals surface area contributed by atoms with Gasteiger partial charge in [0.1, 0.15) is 0 Å². The summed E-state index contributed by atoms with van der Waals surface area (Å²) in [6.45, 7) is 10.4. The van der Waals surface area contributed by atoms with E-state index in [2.05, 4.69) is 32.9 Å². The zero-order valence-corrected chi connectivity index (χ0v) is 19.1. The lowest BCUT2D eigenvalue weighted by atomic mass is 9.62. The van der Waals surface area contributed by atoms with Crippen LogP contribution in [-0.4, -0.2) is 17.0 Å². The third-order valence-corrected chi connectivity index (χ3v) is 6.00. The summed E-state index contributed by atoms with van der Waals surface area (Å²) >= 11 is 0. The molecule has 0 heterocycles. The van der Waals surface area contributed by atoms with Crippen molar-refractivity contribution in [1.82, 2.24) is 0 Å². The van der Waals surface area contributed by atoms with E-state index in [1.807, 2.05) is 44.2 Å². The number of nitrogens with two attached hydrogens (primary N) is 1. The number of allylic oxidation sites excluding steroid dienone is 9. The minimum Gasteiger partial charge on any atom is -0.478 e. The van der Waals surface area contributed by atoms with Crippen molar-refractivity contribution < 1.29 is 14.7 Å². The van der Waals surface area contributed by atoms with Crippen molar-refractivity contribution in [3.63, 3.8) is 0 Å². The molecule has 3 N–H and O–H groups in total. The number of carboxylic acid groups (broad SMARTS) is 1. The van der Waals surface area contributed by atoms with Crippen LogP contribution in [0.5, 0.6) is 0 Å². The fourth-order valence-electron chi connectivity index (χ4n) is 4.39. The fraction of sp³-hybridized carbons (Fsp3) is 0.333. The van der Waals surface area contributed by atoms with Gasteiger partial charge in [0.05, 0.1) is 5.56 Å². The molecule has 2 rings (SSSR count). The van der Waals surface area contributed by atoms with Gasteiger partial charge in [-0.2, -0.15) is 0 Å². The van der Waals surface area contributed by atoms with Gasteiger partial charge in [0.2, 0.25) is 5.91 Å². The molecule has 164 valence electrons. The number of aromatic carboxylic acids is 1. The molecule has 0 radical (unpaired) electrons. The molecule has 0 spiro atoms. The Morgan fingerprint density at radius 1 is 1.13 bits per heavy atom. The summed E-state index contributed by atoms with van der Waals surface area (Å²) in [4.78, 5) is 22.7. The maximum Gasteiger partial charge on any atom is 0.335 e. The Morgan fingerprint density at radius 2 is 1.81 bits per heavy atom. The largest absolute Gasteiger partial charge is 0.478 e. The molecule has 0 saturated carbocycles. The third-order valence-electron chi connectivity index (χ3n) is 6.00. The number of amides is 1. The second-order valence-electron chi connectivity index (χ2n) is 8.79. The van der Waals surface area contributed by atoms with Crippen LogP contribution in [0.2, 0.25) is 0 Å². The van der Waals surface area contributed by atoms with Gasteiger partial charge in [-0.25, -0.2) is 4.79 Å². The minimum atomic E-state index is -0.874. The highest BCUT2D eigenvalue weighted by molar-refractivity contribution is 5.89. The average molecular weight is 420 g/mol. The van der Waals surface area contributed by atoms with Crippen LogP contribution in [0.4, 0.5) is 0 Å². The lowest BCUT2D eigenvalue weighted by molar-refractivity contribution is -0.113. The standard InChI is InChI=1S/C27H33NO3/c1-18(9-8-10-19(2)17-25(28)29)13-15-23-20(3)14-16-24(27(23,4)5)21-11-6-7-12-22(21)26(30)31/h6-13,15,17,24H,14,16H2,1-5H3,(H2,28,29)(H,30,31). The van der Waals surface area contributed by atoms with Crippen molar-refractivity contribution in [3.05, 3.63) is 94.1 Å². The van der Waals surface area contributed by atoms with Crippen molar-refractivity contribution in [1.29, 1.82) is 0 Å². The lowest BCUT2D eigenvalue weighted by Crippen LogP contribution is -2.29. The minimum absolute atomic E-state index is 0.133. The summed E-state index contributed by atoms with van der Waals surface area (Å²) in [5.41, 5.74) is 10.7. The van der Waals surface area contributed by atoms with Crippen LogP contribution >= 0.6 is 0 Å². The zero-order valence-electron chi connectivity index (χ0n) is 19.1. The van der Waals surface area contributed by atoms with Crippen molar-refractivity contribution in [3.8, 4) is 0 Å².